The van der Waals surface area contributed by atoms with Crippen molar-refractivity contribution < 1.29 is 9.59 Å². The Kier molecular flexibility index (Phi) is 4.68. The Hall–Kier alpha value is -2.67. The largest absolute Gasteiger partial charge is 0.346 e. The van der Waals surface area contributed by atoms with Crippen molar-refractivity contribution in [2.24, 2.45) is 0 Å². The molecule has 1 aromatic carbocycles. The van der Waals surface area contributed by atoms with Crippen LogP contribution in [0.2, 0.25) is 0 Å². The average Bonchev–Trinajstić information content (AvgIpc) is 3.26. The van der Waals surface area contributed by atoms with Gasteiger partial charge in [0.2, 0.25) is 11.8 Å². The van der Waals surface area contributed by atoms with Gasteiger partial charge in [-0.15, -0.1) is 0 Å². The van der Waals surface area contributed by atoms with Crippen LogP contribution in [-0.2, 0) is 9.59 Å². The lowest BCUT2D eigenvalue weighted by Crippen LogP contribution is -2.43. The number of nitrogens with zero attached hydrogens (tertiary/aromatic N) is 2. The van der Waals surface area contributed by atoms with E-state index < -0.39 is 0 Å². The Bertz CT molecular complexity index is 660. The van der Waals surface area contributed by atoms with Gasteiger partial charge < -0.3 is 16.0 Å². The van der Waals surface area contributed by atoms with Crippen molar-refractivity contribution in [1.29, 1.82) is 0 Å². The number of hydrogen-bond donors (Lipinski definition) is 3. The van der Waals surface area contributed by atoms with Gasteiger partial charge in [-0.1, -0.05) is 0 Å². The molecule has 1 atom stereocenters. The summed E-state index contributed by atoms with van der Waals surface area (Å²) in [5, 5.41) is 12.6. The summed E-state index contributed by atoms with van der Waals surface area (Å²) in [4.78, 5) is 23.7. The molecule has 2 amide bonds. The fourth-order valence-electron chi connectivity index (χ4n) is 2.52. The second-order valence-electron chi connectivity index (χ2n) is 5.41. The van der Waals surface area contributed by atoms with Crippen LogP contribution in [0.25, 0.3) is 5.69 Å². The topological polar surface area (TPSA) is 88.0 Å². The zero-order valence-electron chi connectivity index (χ0n) is 12.7. The van der Waals surface area contributed by atoms with Crippen LogP contribution in [0, 0.1) is 0 Å². The molecule has 1 aromatic heterocycles. The number of benzene rings is 1. The molecule has 0 radical (unpaired) electrons. The zero-order chi connectivity index (χ0) is 16.1. The van der Waals surface area contributed by atoms with Gasteiger partial charge in [-0.25, -0.2) is 4.68 Å². The molecule has 1 aliphatic heterocycles. The SMILES string of the molecule is O=C(CNC(=O)C1CCCN1)Nc1ccc(-n2cccn2)cc1. The summed E-state index contributed by atoms with van der Waals surface area (Å²) in [5.74, 6) is -0.366. The highest BCUT2D eigenvalue weighted by atomic mass is 16.2. The molecule has 3 rings (SSSR count). The number of nitrogens with one attached hydrogen (secondary N) is 3. The summed E-state index contributed by atoms with van der Waals surface area (Å²) in [6.07, 6.45) is 5.37. The van der Waals surface area contributed by atoms with Gasteiger partial charge in [0.1, 0.15) is 0 Å². The van der Waals surface area contributed by atoms with Crippen LogP contribution in [0.1, 0.15) is 12.8 Å². The Balaban J connectivity index is 1.48. The fourth-order valence-corrected chi connectivity index (χ4v) is 2.52. The summed E-state index contributed by atoms with van der Waals surface area (Å²) < 4.78 is 1.74. The minimum Gasteiger partial charge on any atom is -0.346 e. The van der Waals surface area contributed by atoms with E-state index in [4.69, 9.17) is 0 Å². The second kappa shape index (κ2) is 7.06. The van der Waals surface area contributed by atoms with Crippen molar-refractivity contribution in [3.05, 3.63) is 42.7 Å². The number of carbonyl (C=O) groups is 2. The molecule has 1 aliphatic rings. The van der Waals surface area contributed by atoms with Crippen molar-refractivity contribution in [1.82, 2.24) is 20.4 Å². The molecule has 1 unspecified atom stereocenters. The van der Waals surface area contributed by atoms with E-state index in [1.165, 1.54) is 0 Å². The molecule has 2 heterocycles. The summed E-state index contributed by atoms with van der Waals surface area (Å²) in [6, 6.07) is 9.01. The molecule has 1 fully saturated rings. The molecule has 0 spiro atoms. The molecule has 0 aliphatic carbocycles. The molecule has 7 nitrogen and oxygen atoms in total. The van der Waals surface area contributed by atoms with Crippen molar-refractivity contribution in [2.75, 3.05) is 18.4 Å². The first-order valence-electron chi connectivity index (χ1n) is 7.63. The lowest BCUT2D eigenvalue weighted by Gasteiger charge is -2.11. The molecule has 1 saturated heterocycles. The van der Waals surface area contributed by atoms with Crippen molar-refractivity contribution in [2.45, 2.75) is 18.9 Å². The molecule has 2 aromatic rings. The van der Waals surface area contributed by atoms with Crippen molar-refractivity contribution >= 4 is 17.5 Å². The maximum Gasteiger partial charge on any atom is 0.243 e. The monoisotopic (exact) mass is 313 g/mol. The lowest BCUT2D eigenvalue weighted by atomic mass is 10.2. The molecule has 23 heavy (non-hydrogen) atoms. The van der Waals surface area contributed by atoms with E-state index in [2.05, 4.69) is 21.0 Å². The highest BCUT2D eigenvalue weighted by Gasteiger charge is 2.21. The van der Waals surface area contributed by atoms with E-state index in [1.54, 1.807) is 23.0 Å². The van der Waals surface area contributed by atoms with Gasteiger partial charge in [-0.2, -0.15) is 5.10 Å². The molecule has 3 N–H and O–H groups in total. The van der Waals surface area contributed by atoms with Crippen molar-refractivity contribution in [3.8, 4) is 5.69 Å². The third-order valence-corrected chi connectivity index (χ3v) is 3.72. The average molecular weight is 313 g/mol. The molecule has 0 bridgehead atoms. The smallest absolute Gasteiger partial charge is 0.243 e. The Morgan fingerprint density at radius 2 is 2.13 bits per heavy atom. The predicted molar refractivity (Wildman–Crippen MR) is 86.2 cm³/mol. The zero-order valence-corrected chi connectivity index (χ0v) is 12.7. The number of anilines is 1. The number of hydrogen-bond acceptors (Lipinski definition) is 4. The van der Waals surface area contributed by atoms with E-state index >= 15 is 0 Å². The highest BCUT2D eigenvalue weighted by molar-refractivity contribution is 5.95. The highest BCUT2D eigenvalue weighted by Crippen LogP contribution is 2.12. The van der Waals surface area contributed by atoms with Crippen LogP contribution in [-0.4, -0.2) is 40.7 Å². The van der Waals surface area contributed by atoms with Gasteiger partial charge in [0.25, 0.3) is 0 Å². The first-order valence-corrected chi connectivity index (χ1v) is 7.63. The molecule has 0 saturated carbocycles. The lowest BCUT2D eigenvalue weighted by molar-refractivity contribution is -0.125. The Morgan fingerprint density at radius 1 is 1.30 bits per heavy atom. The van der Waals surface area contributed by atoms with E-state index in [9.17, 15) is 9.59 Å². The van der Waals surface area contributed by atoms with Crippen LogP contribution < -0.4 is 16.0 Å². The maximum atomic E-state index is 11.9. The second-order valence-corrected chi connectivity index (χ2v) is 5.41. The minimum atomic E-state index is -0.247. The molecular weight excluding hydrogens is 294 g/mol. The van der Waals surface area contributed by atoms with E-state index in [0.29, 0.717) is 5.69 Å². The minimum absolute atomic E-state index is 0.0298. The number of carbonyl (C=O) groups excluding carboxylic acids is 2. The number of amides is 2. The van der Waals surface area contributed by atoms with Gasteiger partial charge in [0.05, 0.1) is 18.3 Å². The molecule has 120 valence electrons. The van der Waals surface area contributed by atoms with E-state index in [1.807, 2.05) is 24.4 Å². The van der Waals surface area contributed by atoms with Gasteiger partial charge in [0, 0.05) is 18.1 Å². The predicted octanol–water partition coefficient (Wildman–Crippen LogP) is 0.679. The van der Waals surface area contributed by atoms with Gasteiger partial charge in [-0.3, -0.25) is 9.59 Å². The van der Waals surface area contributed by atoms with Crippen LogP contribution in [0.15, 0.2) is 42.7 Å². The van der Waals surface area contributed by atoms with E-state index in [0.717, 1.165) is 25.1 Å². The Morgan fingerprint density at radius 3 is 2.78 bits per heavy atom. The number of aromatic nitrogens is 2. The van der Waals surface area contributed by atoms with Gasteiger partial charge in [-0.05, 0) is 49.7 Å². The normalized spacial score (nSPS) is 17.0. The summed E-state index contributed by atoms with van der Waals surface area (Å²) in [6.45, 7) is 0.824. The van der Waals surface area contributed by atoms with Crippen LogP contribution >= 0.6 is 0 Å². The van der Waals surface area contributed by atoms with Crippen LogP contribution in [0.3, 0.4) is 0 Å². The molecular formula is C16H19N5O2. The van der Waals surface area contributed by atoms with Gasteiger partial charge >= 0.3 is 0 Å². The van der Waals surface area contributed by atoms with Gasteiger partial charge in [0.15, 0.2) is 0 Å². The van der Waals surface area contributed by atoms with Crippen LogP contribution in [0.5, 0.6) is 0 Å². The summed E-state index contributed by atoms with van der Waals surface area (Å²) in [7, 11) is 0. The molecule has 7 heteroatoms. The number of rotatable bonds is 5. The fraction of sp³-hybridized carbons (Fsp3) is 0.312. The third kappa shape index (κ3) is 3.95. The standard InChI is InChI=1S/C16H19N5O2/c22-15(11-18-16(23)14-3-1-8-17-14)20-12-4-6-13(7-5-12)21-10-2-9-19-21/h2,4-7,9-10,14,17H,1,3,8,11H2,(H,18,23)(H,20,22). The quantitative estimate of drug-likeness (QED) is 0.757. The summed E-state index contributed by atoms with van der Waals surface area (Å²) >= 11 is 0. The third-order valence-electron chi connectivity index (χ3n) is 3.72. The Labute approximate surface area is 134 Å². The van der Waals surface area contributed by atoms with E-state index in [-0.39, 0.29) is 24.4 Å². The first kappa shape index (κ1) is 15.2. The maximum absolute atomic E-state index is 11.9. The first-order chi connectivity index (χ1) is 11.2. The summed E-state index contributed by atoms with van der Waals surface area (Å²) in [5.41, 5.74) is 1.59. The van der Waals surface area contributed by atoms with Crippen LogP contribution in [0.4, 0.5) is 5.69 Å². The van der Waals surface area contributed by atoms with Crippen molar-refractivity contribution in [3.63, 3.8) is 0 Å².